The van der Waals surface area contributed by atoms with Gasteiger partial charge in [-0.05, 0) is 0 Å². The van der Waals surface area contributed by atoms with Gasteiger partial charge in [0.15, 0.2) is 5.78 Å². The zero-order valence-corrected chi connectivity index (χ0v) is 10.9. The fourth-order valence-electron chi connectivity index (χ4n) is 1.59. The number of allylic oxidation sites excluding steroid dienone is 1. The molecule has 0 amide bonds. The van der Waals surface area contributed by atoms with Crippen LogP contribution in [0.5, 0.6) is 0 Å². The zero-order valence-electron chi connectivity index (χ0n) is 9.74. The van der Waals surface area contributed by atoms with Gasteiger partial charge in [-0.1, -0.05) is 60.7 Å². The van der Waals surface area contributed by atoms with Crippen LogP contribution in [0.25, 0.3) is 5.76 Å². The maximum absolute atomic E-state index is 12.0. The normalized spacial score (nSPS) is 11.0. The van der Waals surface area contributed by atoms with E-state index in [2.05, 4.69) is 16.6 Å². The second-order valence-corrected chi connectivity index (χ2v) is 3.96. The van der Waals surface area contributed by atoms with Crippen LogP contribution in [0.15, 0.2) is 66.7 Å². The lowest BCUT2D eigenvalue weighted by Gasteiger charge is -2.08. The molecule has 0 spiro atoms. The van der Waals surface area contributed by atoms with Gasteiger partial charge in [0, 0.05) is 17.2 Å². The molecule has 0 unspecified atom stereocenters. The molecule has 0 aliphatic rings. The minimum absolute atomic E-state index is 0.0723. The Bertz CT molecular complexity index is 547. The van der Waals surface area contributed by atoms with E-state index in [1.807, 2.05) is 48.5 Å². The Morgan fingerprint density at radius 2 is 1.39 bits per heavy atom. The molecule has 2 nitrogen and oxygen atoms in total. The third kappa shape index (κ3) is 3.10. The lowest BCUT2D eigenvalue weighted by atomic mass is 10.1. The molecule has 0 atom stereocenters. The van der Waals surface area contributed by atoms with Crippen molar-refractivity contribution in [2.45, 2.75) is 0 Å². The number of benzene rings is 2. The molecule has 0 saturated heterocycles. The van der Waals surface area contributed by atoms with E-state index in [1.54, 1.807) is 12.1 Å². The first-order valence-corrected chi connectivity index (χ1v) is 6.01. The first-order valence-electron chi connectivity index (χ1n) is 5.54. The molecule has 0 bridgehead atoms. The van der Waals surface area contributed by atoms with E-state index >= 15 is 0 Å². The molecular weight excluding hydrogens is 239 g/mol. The third-order valence-corrected chi connectivity index (χ3v) is 2.76. The first kappa shape index (κ1) is 12.6. The van der Waals surface area contributed by atoms with Crippen molar-refractivity contribution in [1.29, 1.82) is 0 Å². The maximum Gasteiger partial charge on any atom is 0.482 e. The Balaban J connectivity index is 2.29. The summed E-state index contributed by atoms with van der Waals surface area (Å²) in [4.78, 5) is 12.0. The highest BCUT2D eigenvalue weighted by Crippen LogP contribution is 2.15. The summed E-state index contributed by atoms with van der Waals surface area (Å²) in [5, 5.41) is 0. The molecule has 0 aromatic heterocycles. The Hall–Kier alpha value is -1.82. The lowest BCUT2D eigenvalue weighted by molar-refractivity contribution is 0.104. The average molecular weight is 250 g/mol. The van der Waals surface area contributed by atoms with E-state index in [4.69, 9.17) is 3.79 Å². The van der Waals surface area contributed by atoms with Crippen LogP contribution in [-0.2, 0) is 3.79 Å². The van der Waals surface area contributed by atoms with Gasteiger partial charge in [0.1, 0.15) is 0 Å². The van der Waals surface area contributed by atoms with Crippen LogP contribution in [0.3, 0.4) is 0 Å². The number of rotatable bonds is 4. The van der Waals surface area contributed by atoms with Crippen LogP contribution in [0.4, 0.5) is 0 Å². The molecule has 0 aliphatic carbocycles. The molecule has 0 aliphatic heterocycles. The van der Waals surface area contributed by atoms with Crippen molar-refractivity contribution in [2.75, 3.05) is 0 Å². The van der Waals surface area contributed by atoms with Crippen molar-refractivity contribution in [3.8, 4) is 0 Å². The summed E-state index contributed by atoms with van der Waals surface area (Å²) in [5.41, 5.74) is 1.52. The van der Waals surface area contributed by atoms with Crippen LogP contribution >= 0.6 is 0 Å². The average Bonchev–Trinajstić information content (AvgIpc) is 2.46. The Morgan fingerprint density at radius 1 is 0.889 bits per heavy atom. The standard InChI is InChI=1S/C15H12O2.Al/c16-14(12-7-3-1-4-8-12)11-15(17)13-9-5-2-6-10-13;/h1-11,16H;/q;+1/p-1/b14-11-;. The van der Waals surface area contributed by atoms with Crippen LogP contribution in [0.1, 0.15) is 15.9 Å². The summed E-state index contributed by atoms with van der Waals surface area (Å²) >= 11 is 2.17. The lowest BCUT2D eigenvalue weighted by Crippen LogP contribution is -1.97. The van der Waals surface area contributed by atoms with Gasteiger partial charge in [-0.15, -0.1) is 0 Å². The topological polar surface area (TPSA) is 26.3 Å². The predicted octanol–water partition coefficient (Wildman–Crippen LogP) is 3.01. The number of carbonyl (C=O) groups is 1. The summed E-state index contributed by atoms with van der Waals surface area (Å²) in [6.07, 6.45) is 1.50. The molecule has 0 heterocycles. The minimum atomic E-state index is -0.0723. The summed E-state index contributed by atoms with van der Waals surface area (Å²) in [6, 6.07) is 18.6. The van der Waals surface area contributed by atoms with Gasteiger partial charge in [-0.2, -0.15) is 0 Å². The third-order valence-electron chi connectivity index (χ3n) is 2.51. The van der Waals surface area contributed by atoms with Gasteiger partial charge in [0.05, 0.1) is 5.76 Å². The Morgan fingerprint density at radius 3 is 1.89 bits per heavy atom. The molecular formula is C15H11AlO2. The van der Waals surface area contributed by atoms with E-state index in [0.717, 1.165) is 5.56 Å². The van der Waals surface area contributed by atoms with Gasteiger partial charge in [0.25, 0.3) is 0 Å². The fourth-order valence-corrected chi connectivity index (χ4v) is 1.80. The van der Waals surface area contributed by atoms with Crippen molar-refractivity contribution < 1.29 is 8.58 Å². The highest BCUT2D eigenvalue weighted by molar-refractivity contribution is 6.10. The van der Waals surface area contributed by atoms with Gasteiger partial charge in [-0.25, -0.2) is 0 Å². The summed E-state index contributed by atoms with van der Waals surface area (Å²) in [7, 11) is 0. The van der Waals surface area contributed by atoms with Crippen LogP contribution in [0, 0.1) is 0 Å². The van der Waals surface area contributed by atoms with Crippen molar-refractivity contribution in [3.05, 3.63) is 77.9 Å². The maximum atomic E-state index is 12.0. The number of ketones is 1. The molecule has 2 aromatic rings. The molecule has 0 fully saturated rings. The Kier molecular flexibility index (Phi) is 4.36. The minimum Gasteiger partial charge on any atom is -0.653 e. The number of carbonyl (C=O) groups excluding carboxylic acids is 1. The van der Waals surface area contributed by atoms with Crippen LogP contribution < -0.4 is 0 Å². The molecule has 2 rings (SSSR count). The van der Waals surface area contributed by atoms with Crippen molar-refractivity contribution in [1.82, 2.24) is 0 Å². The van der Waals surface area contributed by atoms with E-state index in [9.17, 15) is 4.79 Å². The second-order valence-electron chi connectivity index (χ2n) is 3.72. The van der Waals surface area contributed by atoms with Gasteiger partial charge in [0.2, 0.25) is 0 Å². The summed E-state index contributed by atoms with van der Waals surface area (Å²) in [6.45, 7) is 0. The van der Waals surface area contributed by atoms with Crippen molar-refractivity contribution >= 4 is 28.2 Å². The predicted molar refractivity (Wildman–Crippen MR) is 72.0 cm³/mol. The smallest absolute Gasteiger partial charge is 0.482 e. The molecule has 2 radical (unpaired) electrons. The quantitative estimate of drug-likeness (QED) is 0.361. The van der Waals surface area contributed by atoms with Crippen molar-refractivity contribution in [3.63, 3.8) is 0 Å². The van der Waals surface area contributed by atoms with E-state index < -0.39 is 0 Å². The largest absolute Gasteiger partial charge is 0.653 e. The summed E-state index contributed by atoms with van der Waals surface area (Å²) in [5.74, 6) is 0.464. The summed E-state index contributed by atoms with van der Waals surface area (Å²) < 4.78 is 5.19. The molecule has 2 aromatic carbocycles. The Labute approximate surface area is 115 Å². The molecule has 3 heteroatoms. The van der Waals surface area contributed by atoms with Crippen LogP contribution in [0.2, 0.25) is 0 Å². The molecule has 86 valence electrons. The van der Waals surface area contributed by atoms with Gasteiger partial charge in [-0.3, -0.25) is 4.79 Å². The van der Waals surface area contributed by atoms with E-state index in [-0.39, 0.29) is 5.78 Å². The van der Waals surface area contributed by atoms with E-state index in [1.165, 1.54) is 6.08 Å². The SMILES string of the molecule is O=C(/C=C(\[O][Al])c1ccccc1)c1ccccc1. The fraction of sp³-hybridized carbons (Fsp3) is 0. The van der Waals surface area contributed by atoms with Crippen molar-refractivity contribution in [2.24, 2.45) is 0 Å². The van der Waals surface area contributed by atoms with Gasteiger partial charge >= 0.3 is 16.6 Å². The molecule has 0 N–H and O–H groups in total. The highest BCUT2D eigenvalue weighted by atomic mass is 27.1. The zero-order chi connectivity index (χ0) is 12.8. The van der Waals surface area contributed by atoms with Gasteiger partial charge < -0.3 is 3.79 Å². The first-order chi connectivity index (χ1) is 8.81. The highest BCUT2D eigenvalue weighted by Gasteiger charge is 2.05. The number of hydrogen-bond acceptors (Lipinski definition) is 2. The second kappa shape index (κ2) is 6.21. The van der Waals surface area contributed by atoms with E-state index in [0.29, 0.717) is 11.3 Å². The molecule has 0 saturated carbocycles. The molecule has 18 heavy (non-hydrogen) atoms. The number of hydrogen-bond donors (Lipinski definition) is 0. The van der Waals surface area contributed by atoms with Crippen LogP contribution in [-0.4, -0.2) is 22.4 Å². The monoisotopic (exact) mass is 250 g/mol.